The fourth-order valence-corrected chi connectivity index (χ4v) is 4.22. The minimum Gasteiger partial charge on any atom is -0.207 e. The summed E-state index contributed by atoms with van der Waals surface area (Å²) in [6.45, 7) is 1.58. The normalized spacial score (nSPS) is 18.4. The van der Waals surface area contributed by atoms with Crippen LogP contribution in [0, 0.1) is 12.7 Å². The van der Waals surface area contributed by atoms with E-state index in [1.165, 1.54) is 12.1 Å². The third kappa shape index (κ3) is 2.53. The summed E-state index contributed by atoms with van der Waals surface area (Å²) < 4.78 is 40.1. The van der Waals surface area contributed by atoms with Gasteiger partial charge in [0.05, 0.1) is 4.90 Å². The van der Waals surface area contributed by atoms with Gasteiger partial charge < -0.3 is 0 Å². The molecule has 0 atom stereocenters. The summed E-state index contributed by atoms with van der Waals surface area (Å²) in [5.74, 6) is -0.186. The van der Waals surface area contributed by atoms with Crippen molar-refractivity contribution in [1.29, 1.82) is 0 Å². The molecule has 1 aromatic carbocycles. The van der Waals surface area contributed by atoms with Gasteiger partial charge in [-0.3, -0.25) is 0 Å². The van der Waals surface area contributed by atoms with E-state index in [0.717, 1.165) is 25.3 Å². The molecule has 1 aromatic rings. The van der Waals surface area contributed by atoms with E-state index >= 15 is 0 Å². The molecule has 100 valence electrons. The number of alkyl halides is 1. The molecule has 2 rings (SSSR count). The average Bonchev–Trinajstić information content (AvgIpc) is 2.23. The quantitative estimate of drug-likeness (QED) is 0.867. The molecule has 0 spiro atoms. The maximum Gasteiger partial charge on any atom is 0.241 e. The highest BCUT2D eigenvalue weighted by molar-refractivity contribution is 7.89. The van der Waals surface area contributed by atoms with Crippen LogP contribution in [0.4, 0.5) is 4.39 Å². The second-order valence-corrected chi connectivity index (χ2v) is 6.70. The molecule has 1 saturated carbocycles. The van der Waals surface area contributed by atoms with Crippen molar-refractivity contribution in [2.45, 2.75) is 36.6 Å². The lowest BCUT2D eigenvalue weighted by molar-refractivity contribution is 0.252. The minimum atomic E-state index is -3.64. The van der Waals surface area contributed by atoms with E-state index in [-0.39, 0.29) is 10.8 Å². The molecule has 0 amide bonds. The second-order valence-electron chi connectivity index (χ2n) is 4.78. The van der Waals surface area contributed by atoms with Crippen molar-refractivity contribution in [2.24, 2.45) is 0 Å². The summed E-state index contributed by atoms with van der Waals surface area (Å²) in [6, 6.07) is 3.64. The molecule has 18 heavy (non-hydrogen) atoms. The summed E-state index contributed by atoms with van der Waals surface area (Å²) in [4.78, 5) is 0.111. The monoisotopic (exact) mass is 291 g/mol. The smallest absolute Gasteiger partial charge is 0.207 e. The largest absolute Gasteiger partial charge is 0.241 e. The van der Waals surface area contributed by atoms with Crippen molar-refractivity contribution >= 4 is 21.6 Å². The maximum absolute atomic E-state index is 13.0. The maximum atomic E-state index is 13.0. The van der Waals surface area contributed by atoms with Gasteiger partial charge in [-0.25, -0.2) is 17.5 Å². The highest BCUT2D eigenvalue weighted by Gasteiger charge is 2.40. The Morgan fingerprint density at radius 3 is 2.56 bits per heavy atom. The number of hydrogen-bond acceptors (Lipinski definition) is 2. The molecule has 0 bridgehead atoms. The van der Waals surface area contributed by atoms with E-state index in [4.69, 9.17) is 11.6 Å². The summed E-state index contributed by atoms with van der Waals surface area (Å²) in [6.07, 6.45) is 2.46. The van der Waals surface area contributed by atoms with Gasteiger partial charge >= 0.3 is 0 Å². The molecular weight excluding hydrogens is 277 g/mol. The van der Waals surface area contributed by atoms with Crippen molar-refractivity contribution < 1.29 is 12.8 Å². The Kier molecular flexibility index (Phi) is 3.67. The molecular formula is C12H15ClFNO2S. The predicted octanol–water partition coefficient (Wildman–Crippen LogP) is 2.57. The van der Waals surface area contributed by atoms with E-state index in [1.54, 1.807) is 6.92 Å². The molecule has 0 aliphatic heterocycles. The van der Waals surface area contributed by atoms with Gasteiger partial charge in [0.15, 0.2) is 0 Å². The molecule has 1 fully saturated rings. The minimum absolute atomic E-state index is 0.111. The Bertz CT molecular complexity index is 550. The molecule has 1 aliphatic rings. The van der Waals surface area contributed by atoms with Crippen LogP contribution in [-0.2, 0) is 10.0 Å². The first-order valence-corrected chi connectivity index (χ1v) is 7.76. The van der Waals surface area contributed by atoms with E-state index in [9.17, 15) is 12.8 Å². The lowest BCUT2D eigenvalue weighted by atomic mass is 9.79. The first-order chi connectivity index (χ1) is 8.38. The van der Waals surface area contributed by atoms with Crippen LogP contribution in [0.1, 0.15) is 24.8 Å². The van der Waals surface area contributed by atoms with Gasteiger partial charge in [0.1, 0.15) is 5.82 Å². The first kappa shape index (κ1) is 13.8. The zero-order valence-electron chi connectivity index (χ0n) is 10.0. The Morgan fingerprint density at radius 2 is 2.11 bits per heavy atom. The van der Waals surface area contributed by atoms with E-state index < -0.39 is 21.4 Å². The lowest BCUT2D eigenvalue weighted by Gasteiger charge is -2.40. The zero-order valence-corrected chi connectivity index (χ0v) is 11.6. The van der Waals surface area contributed by atoms with Gasteiger partial charge in [-0.15, -0.1) is 11.6 Å². The van der Waals surface area contributed by atoms with E-state index in [1.807, 2.05) is 0 Å². The fourth-order valence-electron chi connectivity index (χ4n) is 2.12. The molecule has 1 aliphatic carbocycles. The fraction of sp³-hybridized carbons (Fsp3) is 0.500. The zero-order chi connectivity index (χ0) is 13.4. The van der Waals surface area contributed by atoms with Gasteiger partial charge in [0.25, 0.3) is 0 Å². The molecule has 0 saturated heterocycles. The van der Waals surface area contributed by atoms with Crippen molar-refractivity contribution in [2.75, 3.05) is 5.88 Å². The van der Waals surface area contributed by atoms with E-state index in [0.29, 0.717) is 5.56 Å². The van der Waals surface area contributed by atoms with Crippen LogP contribution < -0.4 is 4.72 Å². The van der Waals surface area contributed by atoms with Crippen LogP contribution in [-0.4, -0.2) is 19.8 Å². The van der Waals surface area contributed by atoms with Crippen molar-refractivity contribution in [1.82, 2.24) is 4.72 Å². The summed E-state index contributed by atoms with van der Waals surface area (Å²) in [5, 5.41) is 0. The lowest BCUT2D eigenvalue weighted by Crippen LogP contribution is -2.54. The van der Waals surface area contributed by atoms with Gasteiger partial charge in [0, 0.05) is 11.4 Å². The summed E-state index contributed by atoms with van der Waals surface area (Å²) >= 11 is 5.83. The first-order valence-electron chi connectivity index (χ1n) is 5.75. The molecule has 0 aromatic heterocycles. The molecule has 0 radical (unpaired) electrons. The summed E-state index contributed by atoms with van der Waals surface area (Å²) in [7, 11) is -3.64. The number of benzene rings is 1. The van der Waals surface area contributed by atoms with Gasteiger partial charge in [-0.2, -0.15) is 0 Å². The predicted molar refractivity (Wildman–Crippen MR) is 68.8 cm³/mol. The third-order valence-corrected chi connectivity index (χ3v) is 5.59. The Morgan fingerprint density at radius 1 is 1.44 bits per heavy atom. The van der Waals surface area contributed by atoms with Crippen LogP contribution in [0.3, 0.4) is 0 Å². The van der Waals surface area contributed by atoms with Crippen LogP contribution in [0.25, 0.3) is 0 Å². The van der Waals surface area contributed by atoms with Gasteiger partial charge in [-0.1, -0.05) is 0 Å². The number of rotatable bonds is 4. The second kappa shape index (κ2) is 4.79. The molecule has 0 unspecified atom stereocenters. The highest BCUT2D eigenvalue weighted by Crippen LogP contribution is 2.34. The van der Waals surface area contributed by atoms with E-state index in [2.05, 4.69) is 4.72 Å². The van der Waals surface area contributed by atoms with Gasteiger partial charge in [-0.05, 0) is 49.9 Å². The van der Waals surface area contributed by atoms with Crippen molar-refractivity contribution in [3.8, 4) is 0 Å². The van der Waals surface area contributed by atoms with Crippen LogP contribution >= 0.6 is 11.6 Å². The van der Waals surface area contributed by atoms with Crippen molar-refractivity contribution in [3.05, 3.63) is 29.6 Å². The number of hydrogen-bond donors (Lipinski definition) is 1. The van der Waals surface area contributed by atoms with Crippen LogP contribution in [0.5, 0.6) is 0 Å². The Hall–Kier alpha value is -0.650. The number of sulfonamides is 1. The van der Waals surface area contributed by atoms with Crippen molar-refractivity contribution in [3.63, 3.8) is 0 Å². The topological polar surface area (TPSA) is 46.2 Å². The number of halogens is 2. The Balaban J connectivity index is 2.31. The van der Waals surface area contributed by atoms with Crippen LogP contribution in [0.2, 0.25) is 0 Å². The number of aryl methyl sites for hydroxylation is 1. The third-order valence-electron chi connectivity index (χ3n) is 3.34. The van der Waals surface area contributed by atoms with Gasteiger partial charge in [0.2, 0.25) is 10.0 Å². The summed E-state index contributed by atoms with van der Waals surface area (Å²) in [5.41, 5.74) is -0.132. The standard InChI is InChI=1S/C12H15ClFNO2S/c1-9-7-10(14)3-4-11(9)18(16,17)15-12(8-13)5-2-6-12/h3-4,7,15H,2,5-6,8H2,1H3. The average molecular weight is 292 g/mol. The molecule has 3 nitrogen and oxygen atoms in total. The van der Waals surface area contributed by atoms with Crippen LogP contribution in [0.15, 0.2) is 23.1 Å². The molecule has 6 heteroatoms. The highest BCUT2D eigenvalue weighted by atomic mass is 35.5. The number of nitrogens with one attached hydrogen (secondary N) is 1. The SMILES string of the molecule is Cc1cc(F)ccc1S(=O)(=O)NC1(CCl)CCC1. The molecule has 1 N–H and O–H groups in total. The molecule has 0 heterocycles. The Labute approximate surface area is 111 Å².